The lowest BCUT2D eigenvalue weighted by atomic mass is 9.90. The lowest BCUT2D eigenvalue weighted by Gasteiger charge is -2.30. The monoisotopic (exact) mass is 417 g/mol. The van der Waals surface area contributed by atoms with Gasteiger partial charge in [0.15, 0.2) is 6.29 Å². The number of nitrogens with one attached hydrogen (secondary N) is 1. The van der Waals surface area contributed by atoms with E-state index >= 15 is 0 Å². The van der Waals surface area contributed by atoms with Gasteiger partial charge in [-0.25, -0.2) is 8.42 Å². The molecule has 5 nitrogen and oxygen atoms in total. The van der Waals surface area contributed by atoms with Crippen molar-refractivity contribution in [1.29, 1.82) is 0 Å². The maximum atomic E-state index is 13.4. The van der Waals surface area contributed by atoms with E-state index < -0.39 is 33.6 Å². The molecule has 1 heterocycles. The Kier molecular flexibility index (Phi) is 5.69. The fourth-order valence-electron chi connectivity index (χ4n) is 3.78. The van der Waals surface area contributed by atoms with Gasteiger partial charge in [-0.15, -0.1) is 0 Å². The summed E-state index contributed by atoms with van der Waals surface area (Å²) in [4.78, 5) is 0.306. The van der Waals surface area contributed by atoms with Gasteiger partial charge in [-0.05, 0) is 65.2 Å². The third-order valence-electron chi connectivity index (χ3n) is 5.86. The highest BCUT2D eigenvalue weighted by atomic mass is 32.2. The lowest BCUT2D eigenvalue weighted by molar-refractivity contribution is -0.105. The van der Waals surface area contributed by atoms with Crippen molar-refractivity contribution in [3.63, 3.8) is 0 Å². The summed E-state index contributed by atoms with van der Waals surface area (Å²) in [6, 6.07) is 12.5. The van der Waals surface area contributed by atoms with Gasteiger partial charge < -0.3 is 9.47 Å². The van der Waals surface area contributed by atoms with Gasteiger partial charge in [-0.2, -0.15) is 4.72 Å². The fraction of sp³-hybridized carbons (Fsp3) is 0.478. The molecule has 3 rings (SSSR count). The highest BCUT2D eigenvalue weighted by Gasteiger charge is 2.52. The maximum Gasteiger partial charge on any atom is 0.241 e. The molecule has 2 aromatic carbocycles. The van der Waals surface area contributed by atoms with Crippen molar-refractivity contribution < 1.29 is 17.9 Å². The zero-order valence-electron chi connectivity index (χ0n) is 18.2. The topological polar surface area (TPSA) is 64.6 Å². The molecule has 0 aliphatic carbocycles. The van der Waals surface area contributed by atoms with Gasteiger partial charge in [0.05, 0.1) is 22.1 Å². The summed E-state index contributed by atoms with van der Waals surface area (Å²) in [6.45, 7) is 13.4. The number of benzene rings is 2. The first-order valence-electron chi connectivity index (χ1n) is 9.85. The van der Waals surface area contributed by atoms with Crippen molar-refractivity contribution >= 4 is 10.0 Å². The minimum Gasteiger partial charge on any atom is -0.342 e. The van der Waals surface area contributed by atoms with E-state index in [1.807, 2.05) is 90.9 Å². The Morgan fingerprint density at radius 2 is 1.38 bits per heavy atom. The van der Waals surface area contributed by atoms with Crippen molar-refractivity contribution in [3.05, 3.63) is 64.7 Å². The number of aryl methyl sites for hydroxylation is 3. The zero-order valence-corrected chi connectivity index (χ0v) is 19.1. The highest BCUT2D eigenvalue weighted by molar-refractivity contribution is 7.89. The second kappa shape index (κ2) is 7.51. The number of hydrogen-bond donors (Lipinski definition) is 1. The first-order valence-corrected chi connectivity index (χ1v) is 11.3. The molecule has 1 fully saturated rings. The molecule has 1 aliphatic rings. The summed E-state index contributed by atoms with van der Waals surface area (Å²) in [7, 11) is -3.81. The molecule has 1 atom stereocenters. The van der Waals surface area contributed by atoms with Crippen LogP contribution in [0.25, 0.3) is 0 Å². The molecule has 0 aromatic heterocycles. The van der Waals surface area contributed by atoms with Crippen LogP contribution in [-0.2, 0) is 19.5 Å². The Morgan fingerprint density at radius 1 is 0.897 bits per heavy atom. The quantitative estimate of drug-likeness (QED) is 0.774. The number of sulfonamides is 1. The second-order valence-electron chi connectivity index (χ2n) is 8.86. The molecule has 0 unspecified atom stereocenters. The largest absolute Gasteiger partial charge is 0.342 e. The van der Waals surface area contributed by atoms with Crippen LogP contribution in [0, 0.1) is 20.8 Å². The summed E-state index contributed by atoms with van der Waals surface area (Å²) in [6.07, 6.45) is -0.747. The Morgan fingerprint density at radius 3 is 1.86 bits per heavy atom. The smallest absolute Gasteiger partial charge is 0.241 e. The van der Waals surface area contributed by atoms with Gasteiger partial charge >= 0.3 is 0 Å². The van der Waals surface area contributed by atoms with Crippen molar-refractivity contribution in [2.45, 2.75) is 76.9 Å². The third-order valence-corrected chi connectivity index (χ3v) is 7.60. The standard InChI is InChI=1S/C23H31NO4S/c1-15-13-16(2)20(17(3)14-15)29(25,26)24-19(18-11-9-8-10-12-18)21-27-22(4,5)23(6,7)28-21/h8-14,19,21,24H,1-7H3/t19-/m1/s1. The normalized spacial score (nSPS) is 20.0. The number of rotatable bonds is 5. The second-order valence-corrected chi connectivity index (χ2v) is 10.5. The van der Waals surface area contributed by atoms with E-state index in [2.05, 4.69) is 4.72 Å². The van der Waals surface area contributed by atoms with Crippen LogP contribution in [0.1, 0.15) is 56.0 Å². The van der Waals surface area contributed by atoms with E-state index in [1.54, 1.807) is 0 Å². The van der Waals surface area contributed by atoms with Crippen molar-refractivity contribution in [2.24, 2.45) is 0 Å². The molecule has 158 valence electrons. The summed E-state index contributed by atoms with van der Waals surface area (Å²) < 4.78 is 42.1. The van der Waals surface area contributed by atoms with Crippen molar-refractivity contribution in [3.8, 4) is 0 Å². The zero-order chi connectivity index (χ0) is 21.6. The Hall–Kier alpha value is -1.73. The van der Waals surface area contributed by atoms with E-state index in [4.69, 9.17) is 9.47 Å². The molecule has 1 N–H and O–H groups in total. The number of hydrogen-bond acceptors (Lipinski definition) is 4. The molecule has 0 saturated carbocycles. The van der Waals surface area contributed by atoms with Crippen LogP contribution in [0.2, 0.25) is 0 Å². The predicted octanol–water partition coefficient (Wildman–Crippen LogP) is 4.56. The van der Waals surface area contributed by atoms with Gasteiger partial charge in [0.2, 0.25) is 10.0 Å². The predicted molar refractivity (Wildman–Crippen MR) is 114 cm³/mol. The van der Waals surface area contributed by atoms with Gasteiger partial charge in [0.1, 0.15) is 0 Å². The Labute approximate surface area is 174 Å². The van der Waals surface area contributed by atoms with Crippen LogP contribution in [0.3, 0.4) is 0 Å². The lowest BCUT2D eigenvalue weighted by Crippen LogP contribution is -2.41. The van der Waals surface area contributed by atoms with Gasteiger partial charge in [-0.1, -0.05) is 48.0 Å². The van der Waals surface area contributed by atoms with Crippen LogP contribution in [-0.4, -0.2) is 25.9 Å². The van der Waals surface area contributed by atoms with E-state index in [9.17, 15) is 8.42 Å². The minimum absolute atomic E-state index is 0.306. The van der Waals surface area contributed by atoms with Gasteiger partial charge in [0.25, 0.3) is 0 Å². The fourth-order valence-corrected chi connectivity index (χ4v) is 5.45. The third kappa shape index (κ3) is 4.26. The molecule has 0 bridgehead atoms. The molecular weight excluding hydrogens is 386 g/mol. The van der Waals surface area contributed by atoms with E-state index in [-0.39, 0.29) is 0 Å². The van der Waals surface area contributed by atoms with Crippen LogP contribution >= 0.6 is 0 Å². The molecule has 6 heteroatoms. The molecular formula is C23H31NO4S. The van der Waals surface area contributed by atoms with Gasteiger partial charge in [-0.3, -0.25) is 0 Å². The first kappa shape index (κ1) is 22.0. The van der Waals surface area contributed by atoms with Crippen LogP contribution in [0.15, 0.2) is 47.4 Å². The average Bonchev–Trinajstić information content (AvgIpc) is 2.80. The molecule has 0 radical (unpaired) electrons. The molecule has 2 aromatic rings. The van der Waals surface area contributed by atoms with Crippen LogP contribution in [0.5, 0.6) is 0 Å². The van der Waals surface area contributed by atoms with Gasteiger partial charge in [0, 0.05) is 0 Å². The number of ether oxygens (including phenoxy) is 2. The maximum absolute atomic E-state index is 13.4. The van der Waals surface area contributed by atoms with E-state index in [0.717, 1.165) is 22.3 Å². The van der Waals surface area contributed by atoms with Crippen molar-refractivity contribution in [2.75, 3.05) is 0 Å². The highest BCUT2D eigenvalue weighted by Crippen LogP contribution is 2.42. The summed E-state index contributed by atoms with van der Waals surface area (Å²) in [5.74, 6) is 0. The van der Waals surface area contributed by atoms with Crippen LogP contribution < -0.4 is 4.72 Å². The first-order chi connectivity index (χ1) is 13.3. The summed E-state index contributed by atoms with van der Waals surface area (Å²) in [5.41, 5.74) is 2.13. The molecule has 29 heavy (non-hydrogen) atoms. The molecule has 1 saturated heterocycles. The van der Waals surface area contributed by atoms with E-state index in [1.165, 1.54) is 0 Å². The SMILES string of the molecule is Cc1cc(C)c(S(=O)(=O)N[C@H](c2ccccc2)C2OC(C)(C)C(C)(C)O2)c(C)c1. The average molecular weight is 418 g/mol. The summed E-state index contributed by atoms with van der Waals surface area (Å²) in [5, 5.41) is 0. The molecule has 0 amide bonds. The van der Waals surface area contributed by atoms with E-state index in [0.29, 0.717) is 4.90 Å². The van der Waals surface area contributed by atoms with Crippen molar-refractivity contribution in [1.82, 2.24) is 4.72 Å². The molecule has 1 aliphatic heterocycles. The summed E-state index contributed by atoms with van der Waals surface area (Å²) >= 11 is 0. The Balaban J connectivity index is 2.03. The van der Waals surface area contributed by atoms with Crippen LogP contribution in [0.4, 0.5) is 0 Å². The Bertz CT molecular complexity index is 958. The molecule has 0 spiro atoms. The minimum atomic E-state index is -3.81.